The molecule has 1 heterocycles. The quantitative estimate of drug-likeness (QED) is 0.167. The summed E-state index contributed by atoms with van der Waals surface area (Å²) in [6.45, 7) is 2.08. The normalized spacial score (nSPS) is 11.0. The van der Waals surface area contributed by atoms with Gasteiger partial charge < -0.3 is 14.8 Å². The van der Waals surface area contributed by atoms with Gasteiger partial charge in [-0.2, -0.15) is 0 Å². The number of hydrogen-bond acceptors (Lipinski definition) is 4. The molecule has 0 radical (unpaired) electrons. The maximum atomic E-state index is 13.1. The molecule has 45 heavy (non-hydrogen) atoms. The number of aromatic carboxylic acids is 1. The molecule has 0 amide bonds. The van der Waals surface area contributed by atoms with Crippen LogP contribution in [-0.4, -0.2) is 28.6 Å². The second-order valence-electron chi connectivity index (χ2n) is 10.6. The molecule has 7 heteroatoms. The van der Waals surface area contributed by atoms with Crippen LogP contribution < -0.4 is 5.56 Å². The minimum atomic E-state index is -0.976. The van der Waals surface area contributed by atoms with E-state index in [0.29, 0.717) is 33.8 Å². The van der Waals surface area contributed by atoms with Gasteiger partial charge >= 0.3 is 11.9 Å². The van der Waals surface area contributed by atoms with Crippen molar-refractivity contribution in [1.82, 2.24) is 4.98 Å². The second-order valence-corrected chi connectivity index (χ2v) is 11.0. The van der Waals surface area contributed by atoms with Crippen LogP contribution in [0.15, 0.2) is 120 Å². The Morgan fingerprint density at radius 3 is 2.07 bits per heavy atom. The summed E-state index contributed by atoms with van der Waals surface area (Å²) < 4.78 is 5.07. The third-order valence-corrected chi connectivity index (χ3v) is 8.02. The van der Waals surface area contributed by atoms with Crippen LogP contribution in [0.4, 0.5) is 0 Å². The van der Waals surface area contributed by atoms with E-state index in [1.165, 1.54) is 0 Å². The van der Waals surface area contributed by atoms with Gasteiger partial charge in [-0.15, -0.1) is 0 Å². The number of halogens is 1. The monoisotopic (exact) mass is 613 g/mol. The van der Waals surface area contributed by atoms with E-state index >= 15 is 0 Å². The van der Waals surface area contributed by atoms with Gasteiger partial charge in [0.15, 0.2) is 0 Å². The van der Waals surface area contributed by atoms with Gasteiger partial charge in [0.2, 0.25) is 0 Å². The summed E-state index contributed by atoms with van der Waals surface area (Å²) in [6.07, 6.45) is 0.124. The zero-order valence-electron chi connectivity index (χ0n) is 24.3. The molecule has 0 aliphatic carbocycles. The van der Waals surface area contributed by atoms with E-state index in [-0.39, 0.29) is 23.5 Å². The van der Waals surface area contributed by atoms with Crippen LogP contribution in [0.3, 0.4) is 0 Å². The molecule has 0 bridgehead atoms. The minimum Gasteiger partial charge on any atom is -0.478 e. The van der Waals surface area contributed by atoms with Crippen molar-refractivity contribution in [2.24, 2.45) is 0 Å². The first-order valence-corrected chi connectivity index (χ1v) is 14.8. The number of aromatic nitrogens is 1. The van der Waals surface area contributed by atoms with E-state index < -0.39 is 5.97 Å². The SMILES string of the molecule is CCOC(=O)Cc1cccc(-c2cc3cc(-c4ccc(-c5ccccc5-c5ccccc5C(=O)O)cc4)c(Cl)cc3[nH]c2=O)c1. The molecule has 1 aromatic heterocycles. The lowest BCUT2D eigenvalue weighted by atomic mass is 9.91. The van der Waals surface area contributed by atoms with E-state index in [4.69, 9.17) is 16.3 Å². The van der Waals surface area contributed by atoms with Crippen LogP contribution >= 0.6 is 11.6 Å². The number of ether oxygens (including phenoxy) is 1. The van der Waals surface area contributed by atoms with Crippen LogP contribution in [0, 0.1) is 0 Å². The molecule has 0 saturated carbocycles. The number of carboxylic acids is 1. The first kappa shape index (κ1) is 29.6. The zero-order chi connectivity index (χ0) is 31.5. The van der Waals surface area contributed by atoms with Crippen molar-refractivity contribution in [3.05, 3.63) is 142 Å². The van der Waals surface area contributed by atoms with Crippen LogP contribution in [0.2, 0.25) is 5.02 Å². The topological polar surface area (TPSA) is 96.5 Å². The van der Waals surface area contributed by atoms with E-state index in [0.717, 1.165) is 38.8 Å². The summed E-state index contributed by atoms with van der Waals surface area (Å²) in [4.78, 5) is 39.9. The summed E-state index contributed by atoms with van der Waals surface area (Å²) in [6, 6.07) is 35.5. The number of hydrogen-bond donors (Lipinski definition) is 2. The lowest BCUT2D eigenvalue weighted by molar-refractivity contribution is -0.142. The Hall–Kier alpha value is -5.46. The Bertz CT molecular complexity index is 2130. The van der Waals surface area contributed by atoms with Gasteiger partial charge in [0.05, 0.1) is 23.6 Å². The predicted octanol–water partition coefficient (Wildman–Crippen LogP) is 8.65. The molecular formula is C38H28ClNO5. The Kier molecular flexibility index (Phi) is 8.32. The van der Waals surface area contributed by atoms with Gasteiger partial charge in [-0.25, -0.2) is 4.79 Å². The standard InChI is InChI=1S/C38H28ClNO5/c1-2-45-36(41)19-23-8-7-9-26(18-23)33-21-27-20-32(34(39)22-35(27)40-37(33)42)25-16-14-24(15-17-25)28-10-3-4-11-29(28)30-12-5-6-13-31(30)38(43)44/h3-18,20-22H,2,19H2,1H3,(H,40,42)(H,43,44). The molecule has 0 unspecified atom stereocenters. The number of nitrogens with one attached hydrogen (secondary N) is 1. The Balaban J connectivity index is 1.36. The zero-order valence-corrected chi connectivity index (χ0v) is 25.1. The average molecular weight is 614 g/mol. The highest BCUT2D eigenvalue weighted by Gasteiger charge is 2.16. The molecule has 6 aromatic rings. The number of fused-ring (bicyclic) bond motifs is 1. The smallest absolute Gasteiger partial charge is 0.336 e. The van der Waals surface area contributed by atoms with Gasteiger partial charge in [-0.1, -0.05) is 103 Å². The molecule has 0 saturated heterocycles. The Morgan fingerprint density at radius 2 is 1.36 bits per heavy atom. The summed E-state index contributed by atoms with van der Waals surface area (Å²) in [5, 5.41) is 11.1. The highest BCUT2D eigenvalue weighted by molar-refractivity contribution is 6.34. The fourth-order valence-corrected chi connectivity index (χ4v) is 5.87. The largest absolute Gasteiger partial charge is 0.478 e. The van der Waals surface area contributed by atoms with Crippen LogP contribution in [0.25, 0.3) is 55.4 Å². The first-order chi connectivity index (χ1) is 21.8. The van der Waals surface area contributed by atoms with Crippen molar-refractivity contribution in [1.29, 1.82) is 0 Å². The Morgan fingerprint density at radius 1 is 0.711 bits per heavy atom. The number of H-pyrrole nitrogens is 1. The maximum Gasteiger partial charge on any atom is 0.336 e. The molecule has 6 rings (SSSR count). The summed E-state index contributed by atoms with van der Waals surface area (Å²) in [5.41, 5.74) is 7.55. The molecule has 0 fully saturated rings. The van der Waals surface area contributed by atoms with E-state index in [1.807, 2.05) is 97.1 Å². The second kappa shape index (κ2) is 12.6. The van der Waals surface area contributed by atoms with Gasteiger partial charge in [0, 0.05) is 16.6 Å². The third kappa shape index (κ3) is 6.14. The molecule has 0 aliphatic rings. The number of benzene rings is 5. The summed E-state index contributed by atoms with van der Waals surface area (Å²) in [7, 11) is 0. The fraction of sp³-hybridized carbons (Fsp3) is 0.0789. The molecule has 5 aromatic carbocycles. The molecule has 0 atom stereocenters. The molecule has 6 nitrogen and oxygen atoms in total. The van der Waals surface area contributed by atoms with Crippen molar-refractivity contribution in [3.63, 3.8) is 0 Å². The third-order valence-electron chi connectivity index (χ3n) is 7.71. The van der Waals surface area contributed by atoms with Crippen LogP contribution in [0.1, 0.15) is 22.8 Å². The number of aromatic amines is 1. The summed E-state index contributed by atoms with van der Waals surface area (Å²) in [5.74, 6) is -1.29. The lowest BCUT2D eigenvalue weighted by Crippen LogP contribution is -2.10. The van der Waals surface area contributed by atoms with Crippen molar-refractivity contribution in [2.45, 2.75) is 13.3 Å². The average Bonchev–Trinajstić information content (AvgIpc) is 3.04. The highest BCUT2D eigenvalue weighted by Crippen LogP contribution is 2.37. The Labute approximate surface area is 264 Å². The van der Waals surface area contributed by atoms with Crippen molar-refractivity contribution >= 4 is 34.4 Å². The molecule has 0 aliphatic heterocycles. The summed E-state index contributed by atoms with van der Waals surface area (Å²) >= 11 is 6.73. The maximum absolute atomic E-state index is 13.1. The number of pyridine rings is 1. The molecular weight excluding hydrogens is 586 g/mol. The number of carbonyl (C=O) groups excluding carboxylic acids is 1. The molecule has 0 spiro atoms. The number of carboxylic acid groups (broad SMARTS) is 1. The fourth-order valence-electron chi connectivity index (χ4n) is 5.60. The van der Waals surface area contributed by atoms with E-state index in [2.05, 4.69) is 4.98 Å². The van der Waals surface area contributed by atoms with Crippen LogP contribution in [0.5, 0.6) is 0 Å². The highest BCUT2D eigenvalue weighted by atomic mass is 35.5. The number of rotatable bonds is 8. The number of carbonyl (C=O) groups is 2. The minimum absolute atomic E-state index is 0.124. The van der Waals surface area contributed by atoms with Crippen molar-refractivity contribution in [3.8, 4) is 44.5 Å². The van der Waals surface area contributed by atoms with Gasteiger partial charge in [-0.05, 0) is 75.5 Å². The van der Waals surface area contributed by atoms with E-state index in [1.54, 1.807) is 25.1 Å². The van der Waals surface area contributed by atoms with Gasteiger partial charge in [0.25, 0.3) is 5.56 Å². The lowest BCUT2D eigenvalue weighted by Gasteiger charge is -2.14. The number of esters is 1. The van der Waals surface area contributed by atoms with Crippen molar-refractivity contribution in [2.75, 3.05) is 6.61 Å². The molecule has 222 valence electrons. The van der Waals surface area contributed by atoms with Gasteiger partial charge in [-0.3, -0.25) is 9.59 Å². The van der Waals surface area contributed by atoms with Crippen LogP contribution in [-0.2, 0) is 16.0 Å². The first-order valence-electron chi connectivity index (χ1n) is 14.5. The van der Waals surface area contributed by atoms with E-state index in [9.17, 15) is 19.5 Å². The predicted molar refractivity (Wildman–Crippen MR) is 179 cm³/mol. The van der Waals surface area contributed by atoms with Crippen molar-refractivity contribution < 1.29 is 19.4 Å². The molecule has 2 N–H and O–H groups in total. The van der Waals surface area contributed by atoms with Gasteiger partial charge in [0.1, 0.15) is 0 Å².